The lowest BCUT2D eigenvalue weighted by atomic mass is 9.97. The van der Waals surface area contributed by atoms with Crippen LogP contribution >= 0.6 is 22.9 Å². The standard InChI is InChI=1S/C30H39ClN4OS/c1-21(2)17-27-29(25-10-9-22(3)26(31)18-25)33-30(37-27)35(20-24-7-5-4-6-8-24)16-13-28(36)34-14-11-23(19-32)12-15-34/h4-10,18,21,23H,11-17,19-20,32H2,1-3H3. The van der Waals surface area contributed by atoms with E-state index in [1.54, 1.807) is 11.3 Å². The summed E-state index contributed by atoms with van der Waals surface area (Å²) in [5.41, 5.74) is 10.2. The molecule has 1 aromatic heterocycles. The molecule has 0 aliphatic carbocycles. The summed E-state index contributed by atoms with van der Waals surface area (Å²) in [6.45, 7) is 10.2. The average Bonchev–Trinajstić information content (AvgIpc) is 3.31. The molecule has 0 atom stereocenters. The summed E-state index contributed by atoms with van der Waals surface area (Å²) in [4.78, 5) is 23.8. The maximum absolute atomic E-state index is 13.1. The summed E-state index contributed by atoms with van der Waals surface area (Å²) in [6, 6.07) is 16.6. The number of rotatable bonds is 10. The van der Waals surface area contributed by atoms with Crippen molar-refractivity contribution in [3.8, 4) is 11.3 Å². The number of hydrogen-bond donors (Lipinski definition) is 1. The first-order chi connectivity index (χ1) is 17.8. The Morgan fingerprint density at radius 2 is 1.92 bits per heavy atom. The Balaban J connectivity index is 1.59. The molecule has 0 saturated carbocycles. The van der Waals surface area contributed by atoms with Crippen molar-refractivity contribution in [1.29, 1.82) is 0 Å². The molecule has 3 aromatic rings. The molecule has 1 saturated heterocycles. The highest BCUT2D eigenvalue weighted by atomic mass is 35.5. The third-order valence-electron chi connectivity index (χ3n) is 7.11. The number of anilines is 1. The Labute approximate surface area is 230 Å². The van der Waals surface area contributed by atoms with Gasteiger partial charge in [0.15, 0.2) is 5.13 Å². The molecule has 0 radical (unpaired) electrons. The zero-order chi connectivity index (χ0) is 26.4. The number of aromatic nitrogens is 1. The van der Waals surface area contributed by atoms with Gasteiger partial charge in [-0.3, -0.25) is 4.79 Å². The van der Waals surface area contributed by atoms with E-state index in [4.69, 9.17) is 22.3 Å². The molecule has 4 rings (SSSR count). The largest absolute Gasteiger partial charge is 0.343 e. The summed E-state index contributed by atoms with van der Waals surface area (Å²) in [5.74, 6) is 1.27. The Bertz CT molecular complexity index is 1170. The number of benzene rings is 2. The molecular formula is C30H39ClN4OS. The van der Waals surface area contributed by atoms with E-state index in [-0.39, 0.29) is 5.91 Å². The van der Waals surface area contributed by atoms with Gasteiger partial charge in [0.05, 0.1) is 5.69 Å². The molecule has 5 nitrogen and oxygen atoms in total. The summed E-state index contributed by atoms with van der Waals surface area (Å²) >= 11 is 8.23. The van der Waals surface area contributed by atoms with Gasteiger partial charge in [0.1, 0.15) is 0 Å². The van der Waals surface area contributed by atoms with Gasteiger partial charge in [-0.15, -0.1) is 11.3 Å². The lowest BCUT2D eigenvalue weighted by Gasteiger charge is -2.32. The van der Waals surface area contributed by atoms with Crippen molar-refractivity contribution in [2.45, 2.75) is 53.0 Å². The monoisotopic (exact) mass is 538 g/mol. The SMILES string of the molecule is Cc1ccc(-c2nc(N(CCC(=O)N3CCC(CN)CC3)Cc3ccccc3)sc2CC(C)C)cc1Cl. The number of nitrogens with zero attached hydrogens (tertiary/aromatic N) is 3. The first-order valence-electron chi connectivity index (χ1n) is 13.4. The van der Waals surface area contributed by atoms with Gasteiger partial charge in [-0.25, -0.2) is 4.98 Å². The van der Waals surface area contributed by atoms with E-state index in [1.165, 1.54) is 10.4 Å². The Hall–Kier alpha value is -2.41. The molecule has 1 aliphatic heterocycles. The molecule has 198 valence electrons. The summed E-state index contributed by atoms with van der Waals surface area (Å²) < 4.78 is 0. The number of carbonyl (C=O) groups excluding carboxylic acids is 1. The maximum Gasteiger partial charge on any atom is 0.224 e. The van der Waals surface area contributed by atoms with E-state index in [2.05, 4.69) is 55.1 Å². The summed E-state index contributed by atoms with van der Waals surface area (Å²) in [5, 5.41) is 1.72. The van der Waals surface area contributed by atoms with E-state index in [1.807, 2.05) is 24.0 Å². The highest BCUT2D eigenvalue weighted by molar-refractivity contribution is 7.16. The van der Waals surface area contributed by atoms with E-state index in [9.17, 15) is 4.79 Å². The fraction of sp³-hybridized carbons (Fsp3) is 0.467. The predicted octanol–water partition coefficient (Wildman–Crippen LogP) is 6.56. The molecule has 0 spiro atoms. The smallest absolute Gasteiger partial charge is 0.224 e. The molecule has 2 aromatic carbocycles. The lowest BCUT2D eigenvalue weighted by Crippen LogP contribution is -2.41. The van der Waals surface area contributed by atoms with Crippen molar-refractivity contribution < 1.29 is 4.79 Å². The zero-order valence-electron chi connectivity index (χ0n) is 22.3. The van der Waals surface area contributed by atoms with Gasteiger partial charge in [0, 0.05) is 48.1 Å². The van der Waals surface area contributed by atoms with Crippen LogP contribution in [-0.4, -0.2) is 42.0 Å². The summed E-state index contributed by atoms with van der Waals surface area (Å²) in [7, 11) is 0. The van der Waals surface area contributed by atoms with Gasteiger partial charge < -0.3 is 15.5 Å². The van der Waals surface area contributed by atoms with Crippen LogP contribution in [-0.2, 0) is 17.8 Å². The fourth-order valence-electron chi connectivity index (χ4n) is 4.80. The molecular weight excluding hydrogens is 500 g/mol. The predicted molar refractivity (Wildman–Crippen MR) is 156 cm³/mol. The lowest BCUT2D eigenvalue weighted by molar-refractivity contribution is -0.132. The zero-order valence-corrected chi connectivity index (χ0v) is 23.8. The molecule has 0 unspecified atom stereocenters. The number of nitrogens with two attached hydrogens (primary N) is 1. The molecule has 7 heteroatoms. The molecule has 1 fully saturated rings. The van der Waals surface area contributed by atoms with Crippen LogP contribution in [0.4, 0.5) is 5.13 Å². The Morgan fingerprint density at radius 1 is 1.19 bits per heavy atom. The van der Waals surface area contributed by atoms with Crippen LogP contribution < -0.4 is 10.6 Å². The van der Waals surface area contributed by atoms with Crippen LogP contribution in [0.15, 0.2) is 48.5 Å². The first-order valence-corrected chi connectivity index (χ1v) is 14.6. The normalized spacial score (nSPS) is 14.4. The van der Waals surface area contributed by atoms with Crippen molar-refractivity contribution in [3.05, 3.63) is 69.6 Å². The topological polar surface area (TPSA) is 62.5 Å². The van der Waals surface area contributed by atoms with Crippen LogP contribution in [0.3, 0.4) is 0 Å². The van der Waals surface area contributed by atoms with Crippen LogP contribution in [0.5, 0.6) is 0 Å². The van der Waals surface area contributed by atoms with Crippen molar-refractivity contribution in [3.63, 3.8) is 0 Å². The highest BCUT2D eigenvalue weighted by Crippen LogP contribution is 2.37. The molecule has 1 aliphatic rings. The molecule has 37 heavy (non-hydrogen) atoms. The maximum atomic E-state index is 13.1. The van der Waals surface area contributed by atoms with Gasteiger partial charge in [-0.2, -0.15) is 0 Å². The van der Waals surface area contributed by atoms with Gasteiger partial charge in [-0.1, -0.05) is 67.9 Å². The van der Waals surface area contributed by atoms with E-state index in [0.29, 0.717) is 37.9 Å². The van der Waals surface area contributed by atoms with Gasteiger partial charge in [0.2, 0.25) is 5.91 Å². The second-order valence-corrected chi connectivity index (χ2v) is 12.0. The highest BCUT2D eigenvalue weighted by Gasteiger charge is 2.24. The average molecular weight is 539 g/mol. The van der Waals surface area contributed by atoms with Crippen molar-refractivity contribution >= 4 is 34.0 Å². The number of hydrogen-bond acceptors (Lipinski definition) is 5. The minimum absolute atomic E-state index is 0.220. The van der Waals surface area contributed by atoms with Crippen LogP contribution in [0.25, 0.3) is 11.3 Å². The van der Waals surface area contributed by atoms with Gasteiger partial charge >= 0.3 is 0 Å². The second kappa shape index (κ2) is 12.9. The van der Waals surface area contributed by atoms with E-state index in [0.717, 1.165) is 59.3 Å². The number of amides is 1. The Kier molecular flexibility index (Phi) is 9.63. The second-order valence-electron chi connectivity index (χ2n) is 10.5. The number of piperidine rings is 1. The van der Waals surface area contributed by atoms with E-state index >= 15 is 0 Å². The summed E-state index contributed by atoms with van der Waals surface area (Å²) in [6.07, 6.45) is 3.44. The van der Waals surface area contributed by atoms with Crippen molar-refractivity contribution in [2.24, 2.45) is 17.6 Å². The van der Waals surface area contributed by atoms with Crippen molar-refractivity contribution in [2.75, 3.05) is 31.1 Å². The van der Waals surface area contributed by atoms with Gasteiger partial charge in [0.25, 0.3) is 0 Å². The minimum Gasteiger partial charge on any atom is -0.343 e. The fourth-order valence-corrected chi connectivity index (χ4v) is 6.30. The van der Waals surface area contributed by atoms with Crippen LogP contribution in [0.1, 0.15) is 49.1 Å². The molecule has 1 amide bonds. The van der Waals surface area contributed by atoms with Crippen molar-refractivity contribution in [1.82, 2.24) is 9.88 Å². The van der Waals surface area contributed by atoms with Crippen LogP contribution in [0, 0.1) is 18.8 Å². The minimum atomic E-state index is 0.220. The first kappa shape index (κ1) is 27.6. The molecule has 2 heterocycles. The quantitative estimate of drug-likeness (QED) is 0.317. The number of aryl methyl sites for hydroxylation is 1. The third kappa shape index (κ3) is 7.34. The third-order valence-corrected chi connectivity index (χ3v) is 8.65. The molecule has 0 bridgehead atoms. The number of halogens is 1. The van der Waals surface area contributed by atoms with E-state index < -0.39 is 0 Å². The van der Waals surface area contributed by atoms with Crippen LogP contribution in [0.2, 0.25) is 5.02 Å². The number of carbonyl (C=O) groups is 1. The number of thiazole rings is 1. The number of likely N-dealkylation sites (tertiary alicyclic amines) is 1. The van der Waals surface area contributed by atoms with Gasteiger partial charge in [-0.05, 0) is 61.8 Å². The Morgan fingerprint density at radius 3 is 2.57 bits per heavy atom. The molecule has 2 N–H and O–H groups in total.